The van der Waals surface area contributed by atoms with E-state index in [2.05, 4.69) is 20.8 Å². The number of aliphatic carboxylic acids is 1. The highest BCUT2D eigenvalue weighted by Gasteiger charge is 2.17. The second-order valence-corrected chi connectivity index (χ2v) is 3.88. The van der Waals surface area contributed by atoms with Crippen molar-refractivity contribution in [1.82, 2.24) is 0 Å². The highest BCUT2D eigenvalue weighted by atomic mass is 16.4. The van der Waals surface area contributed by atoms with Gasteiger partial charge in [-0.05, 0) is 18.3 Å². The first-order chi connectivity index (χ1) is 5.97. The van der Waals surface area contributed by atoms with E-state index in [4.69, 9.17) is 10.4 Å². The summed E-state index contributed by atoms with van der Waals surface area (Å²) in [6, 6.07) is 2.04. The van der Waals surface area contributed by atoms with Gasteiger partial charge in [-0.25, -0.2) is 0 Å². The number of carboxylic acids is 1. The Morgan fingerprint density at radius 2 is 2.00 bits per heavy atom. The summed E-state index contributed by atoms with van der Waals surface area (Å²) in [5, 5.41) is 17.2. The summed E-state index contributed by atoms with van der Waals surface area (Å²) >= 11 is 0. The quantitative estimate of drug-likeness (QED) is 0.711. The Morgan fingerprint density at radius 3 is 2.31 bits per heavy atom. The summed E-state index contributed by atoms with van der Waals surface area (Å²) in [5.74, 6) is -0.314. The molecule has 0 aromatic rings. The van der Waals surface area contributed by atoms with Crippen LogP contribution in [0.3, 0.4) is 0 Å². The van der Waals surface area contributed by atoms with Crippen LogP contribution in [0.15, 0.2) is 0 Å². The van der Waals surface area contributed by atoms with E-state index in [0.717, 1.165) is 0 Å². The number of rotatable bonds is 5. The second kappa shape index (κ2) is 5.58. The van der Waals surface area contributed by atoms with Gasteiger partial charge in [-0.3, -0.25) is 4.79 Å². The molecular weight excluding hydrogens is 166 g/mol. The van der Waals surface area contributed by atoms with Crippen LogP contribution in [0.1, 0.15) is 33.6 Å². The van der Waals surface area contributed by atoms with Crippen molar-refractivity contribution >= 4 is 5.97 Å². The molecule has 0 aliphatic rings. The predicted molar refractivity (Wildman–Crippen MR) is 50.0 cm³/mol. The molecule has 0 aliphatic heterocycles. The summed E-state index contributed by atoms with van der Waals surface area (Å²) in [7, 11) is 0. The lowest BCUT2D eigenvalue weighted by atomic mass is 9.87. The van der Waals surface area contributed by atoms with Gasteiger partial charge < -0.3 is 5.11 Å². The molecule has 0 fully saturated rings. The van der Waals surface area contributed by atoms with Crippen LogP contribution in [0, 0.1) is 29.1 Å². The lowest BCUT2D eigenvalue weighted by molar-refractivity contribution is -0.137. The predicted octanol–water partition coefficient (Wildman–Crippen LogP) is 2.28. The largest absolute Gasteiger partial charge is 0.481 e. The summed E-state index contributed by atoms with van der Waals surface area (Å²) in [5.41, 5.74) is 0. The molecule has 0 aromatic carbocycles. The minimum atomic E-state index is -0.887. The molecule has 0 spiro atoms. The molecule has 0 rings (SSSR count). The molecule has 74 valence electrons. The minimum Gasteiger partial charge on any atom is -0.481 e. The number of hydrogen-bond donors (Lipinski definition) is 1. The van der Waals surface area contributed by atoms with Crippen LogP contribution in [0.2, 0.25) is 0 Å². The van der Waals surface area contributed by atoms with E-state index in [1.165, 1.54) is 0 Å². The molecule has 0 saturated carbocycles. The molecule has 3 nitrogen and oxygen atoms in total. The summed E-state index contributed by atoms with van der Waals surface area (Å²) in [4.78, 5) is 10.4. The smallest absolute Gasteiger partial charge is 0.304 e. The molecule has 3 heteroatoms. The second-order valence-electron chi connectivity index (χ2n) is 3.88. The fourth-order valence-corrected chi connectivity index (χ4v) is 1.11. The Labute approximate surface area is 79.4 Å². The molecule has 13 heavy (non-hydrogen) atoms. The van der Waals surface area contributed by atoms with Crippen LogP contribution in [0.4, 0.5) is 0 Å². The first-order valence-corrected chi connectivity index (χ1v) is 4.58. The molecule has 2 atom stereocenters. The summed E-state index contributed by atoms with van der Waals surface area (Å²) in [6.07, 6.45) is 0.647. The van der Waals surface area contributed by atoms with Gasteiger partial charge >= 0.3 is 5.97 Å². The number of hydrogen-bond acceptors (Lipinski definition) is 2. The first kappa shape index (κ1) is 12.0. The molecule has 0 aromatic heterocycles. The zero-order valence-electron chi connectivity index (χ0n) is 8.45. The lowest BCUT2D eigenvalue weighted by Gasteiger charge is -2.17. The molecule has 0 saturated heterocycles. The maximum atomic E-state index is 10.4. The van der Waals surface area contributed by atoms with Gasteiger partial charge in [0.05, 0.1) is 18.4 Å². The van der Waals surface area contributed by atoms with Crippen molar-refractivity contribution in [2.24, 2.45) is 17.8 Å². The van der Waals surface area contributed by atoms with Crippen molar-refractivity contribution in [1.29, 1.82) is 5.26 Å². The summed E-state index contributed by atoms with van der Waals surface area (Å²) < 4.78 is 0. The van der Waals surface area contributed by atoms with Crippen molar-refractivity contribution in [2.75, 3.05) is 0 Å². The third-order valence-electron chi connectivity index (χ3n) is 2.40. The first-order valence-electron chi connectivity index (χ1n) is 4.58. The van der Waals surface area contributed by atoms with E-state index < -0.39 is 5.97 Å². The molecule has 0 bridgehead atoms. The number of nitriles is 1. The molecule has 0 radical (unpaired) electrons. The van der Waals surface area contributed by atoms with Gasteiger partial charge in [-0.1, -0.05) is 20.8 Å². The van der Waals surface area contributed by atoms with Crippen molar-refractivity contribution < 1.29 is 9.90 Å². The van der Waals surface area contributed by atoms with Crippen LogP contribution in [-0.2, 0) is 4.79 Å². The van der Waals surface area contributed by atoms with Gasteiger partial charge in [0.15, 0.2) is 0 Å². The zero-order valence-corrected chi connectivity index (χ0v) is 8.45. The standard InChI is InChI=1S/C10H17NO2/c1-7(2)8(3)4-9(6-11)5-10(12)13/h7-9H,4-5H2,1-3H3,(H,12,13). The van der Waals surface area contributed by atoms with Crippen LogP contribution in [0.5, 0.6) is 0 Å². The Morgan fingerprint density at radius 1 is 1.46 bits per heavy atom. The van der Waals surface area contributed by atoms with E-state index in [1.807, 2.05) is 6.07 Å². The van der Waals surface area contributed by atoms with Crippen LogP contribution >= 0.6 is 0 Å². The highest BCUT2D eigenvalue weighted by molar-refractivity contribution is 5.67. The third-order valence-corrected chi connectivity index (χ3v) is 2.40. The maximum Gasteiger partial charge on any atom is 0.304 e. The molecular formula is C10H17NO2. The summed E-state index contributed by atoms with van der Waals surface area (Å²) in [6.45, 7) is 6.22. The van der Waals surface area contributed by atoms with Crippen LogP contribution in [0.25, 0.3) is 0 Å². The fourth-order valence-electron chi connectivity index (χ4n) is 1.11. The average Bonchev–Trinajstić information content (AvgIpc) is 2.02. The van der Waals surface area contributed by atoms with Gasteiger partial charge in [-0.2, -0.15) is 5.26 Å². The topological polar surface area (TPSA) is 61.1 Å². The van der Waals surface area contributed by atoms with Crippen LogP contribution < -0.4 is 0 Å². The molecule has 0 amide bonds. The maximum absolute atomic E-state index is 10.4. The monoisotopic (exact) mass is 183 g/mol. The van der Waals surface area contributed by atoms with Gasteiger partial charge in [-0.15, -0.1) is 0 Å². The van der Waals surface area contributed by atoms with Crippen molar-refractivity contribution in [3.8, 4) is 6.07 Å². The number of carboxylic acid groups (broad SMARTS) is 1. The Balaban J connectivity index is 3.99. The van der Waals surface area contributed by atoms with E-state index in [1.54, 1.807) is 0 Å². The lowest BCUT2D eigenvalue weighted by Crippen LogP contribution is -2.13. The minimum absolute atomic E-state index is 0.0342. The van der Waals surface area contributed by atoms with Gasteiger partial charge in [0, 0.05) is 0 Å². The van der Waals surface area contributed by atoms with Crippen molar-refractivity contribution in [2.45, 2.75) is 33.6 Å². The van der Waals surface area contributed by atoms with Crippen molar-refractivity contribution in [3.05, 3.63) is 0 Å². The zero-order chi connectivity index (χ0) is 10.4. The van der Waals surface area contributed by atoms with E-state index in [9.17, 15) is 4.79 Å². The highest BCUT2D eigenvalue weighted by Crippen LogP contribution is 2.21. The molecule has 1 N–H and O–H groups in total. The van der Waals surface area contributed by atoms with Gasteiger partial charge in [0.1, 0.15) is 0 Å². The third kappa shape index (κ3) is 5.24. The Kier molecular flexibility index (Phi) is 5.13. The van der Waals surface area contributed by atoms with E-state index >= 15 is 0 Å². The average molecular weight is 183 g/mol. The number of carbonyl (C=O) groups is 1. The fraction of sp³-hybridized carbons (Fsp3) is 0.800. The molecule has 0 aliphatic carbocycles. The molecule has 0 heterocycles. The Bertz CT molecular complexity index is 205. The van der Waals surface area contributed by atoms with Gasteiger partial charge in [0.2, 0.25) is 0 Å². The van der Waals surface area contributed by atoms with Crippen LogP contribution in [-0.4, -0.2) is 11.1 Å². The van der Waals surface area contributed by atoms with Gasteiger partial charge in [0.25, 0.3) is 0 Å². The number of nitrogens with zero attached hydrogens (tertiary/aromatic N) is 1. The normalized spacial score (nSPS) is 15.0. The molecule has 2 unspecified atom stereocenters. The Hall–Kier alpha value is -1.04. The van der Waals surface area contributed by atoms with Crippen molar-refractivity contribution in [3.63, 3.8) is 0 Å². The van der Waals surface area contributed by atoms with E-state index in [-0.39, 0.29) is 12.3 Å². The van der Waals surface area contributed by atoms with E-state index in [0.29, 0.717) is 18.3 Å². The SMILES string of the molecule is CC(C)C(C)CC(C#N)CC(=O)O.